The fourth-order valence-corrected chi connectivity index (χ4v) is 5.12. The van der Waals surface area contributed by atoms with E-state index in [0.29, 0.717) is 25.1 Å². The number of hydrogen-bond donors (Lipinski definition) is 0. The van der Waals surface area contributed by atoms with Crippen LogP contribution in [-0.4, -0.2) is 59.1 Å². The van der Waals surface area contributed by atoms with Crippen molar-refractivity contribution in [2.75, 3.05) is 20.3 Å². The summed E-state index contributed by atoms with van der Waals surface area (Å²) < 4.78 is 12.8. The van der Waals surface area contributed by atoms with E-state index in [-0.39, 0.29) is 12.0 Å². The zero-order chi connectivity index (χ0) is 22.0. The molecule has 1 saturated carbocycles. The van der Waals surface area contributed by atoms with Gasteiger partial charge in [-0.05, 0) is 62.8 Å². The number of hydrogen-bond acceptors (Lipinski definition) is 5. The van der Waals surface area contributed by atoms with Gasteiger partial charge in [0.05, 0.1) is 19.4 Å². The highest BCUT2D eigenvalue weighted by molar-refractivity contribution is 6.30. The summed E-state index contributed by atoms with van der Waals surface area (Å²) in [7, 11) is 3.43. The second kappa shape index (κ2) is 9.72. The van der Waals surface area contributed by atoms with Crippen LogP contribution >= 0.6 is 11.6 Å². The number of halogens is 1. The largest absolute Gasteiger partial charge is 0.467 e. The van der Waals surface area contributed by atoms with Crippen molar-refractivity contribution in [1.29, 1.82) is 0 Å². The van der Waals surface area contributed by atoms with Crippen molar-refractivity contribution in [3.05, 3.63) is 52.3 Å². The Labute approximate surface area is 189 Å². The molecule has 31 heavy (non-hydrogen) atoms. The van der Waals surface area contributed by atoms with Crippen molar-refractivity contribution in [3.63, 3.8) is 0 Å². The molecule has 0 spiro atoms. The molecule has 1 aliphatic heterocycles. The lowest BCUT2D eigenvalue weighted by Gasteiger charge is -2.45. The zero-order valence-corrected chi connectivity index (χ0v) is 19.3. The van der Waals surface area contributed by atoms with Crippen molar-refractivity contribution in [2.45, 2.75) is 63.1 Å². The van der Waals surface area contributed by atoms with Gasteiger partial charge in [0.15, 0.2) is 6.10 Å². The number of morpholine rings is 1. The van der Waals surface area contributed by atoms with Gasteiger partial charge in [-0.15, -0.1) is 0 Å². The molecule has 6 nitrogen and oxygen atoms in total. The first-order valence-corrected chi connectivity index (χ1v) is 11.5. The highest BCUT2D eigenvalue weighted by Gasteiger charge is 2.38. The van der Waals surface area contributed by atoms with Crippen LogP contribution < -0.4 is 0 Å². The smallest absolute Gasteiger partial charge is 0.336 e. The topological polar surface area (TPSA) is 56.6 Å². The normalized spacial score (nSPS) is 27.2. The summed E-state index contributed by atoms with van der Waals surface area (Å²) in [6, 6.07) is 10.9. The lowest BCUT2D eigenvalue weighted by atomic mass is 9.82. The summed E-state index contributed by atoms with van der Waals surface area (Å²) in [5, 5.41) is 5.45. The number of nitrogens with zero attached hydrogens (tertiary/aromatic N) is 3. The molecule has 4 rings (SSSR count). The number of benzene rings is 1. The van der Waals surface area contributed by atoms with Crippen LogP contribution in [0.25, 0.3) is 0 Å². The summed E-state index contributed by atoms with van der Waals surface area (Å²) in [6.07, 6.45) is 4.81. The van der Waals surface area contributed by atoms with Crippen molar-refractivity contribution in [3.8, 4) is 0 Å². The number of aryl methyl sites for hydroxylation is 2. The Bertz CT molecular complexity index is 870. The maximum Gasteiger partial charge on any atom is 0.336 e. The second-order valence-corrected chi connectivity index (χ2v) is 9.30. The van der Waals surface area contributed by atoms with Gasteiger partial charge in [0.2, 0.25) is 0 Å². The van der Waals surface area contributed by atoms with Crippen LogP contribution in [0.2, 0.25) is 5.02 Å². The van der Waals surface area contributed by atoms with E-state index >= 15 is 0 Å². The van der Waals surface area contributed by atoms with E-state index in [9.17, 15) is 4.79 Å². The molecule has 1 saturated heterocycles. The van der Waals surface area contributed by atoms with Gasteiger partial charge in [0.1, 0.15) is 0 Å². The molecule has 1 aromatic carbocycles. The molecule has 2 aliphatic rings. The molecular formula is C24H32ClN3O3. The number of carbonyl (C=O) groups excluding carboxylic acids is 1. The van der Waals surface area contributed by atoms with Gasteiger partial charge in [0.25, 0.3) is 0 Å². The van der Waals surface area contributed by atoms with Crippen molar-refractivity contribution in [1.82, 2.24) is 14.7 Å². The highest BCUT2D eigenvalue weighted by Crippen LogP contribution is 2.36. The van der Waals surface area contributed by atoms with Crippen LogP contribution in [-0.2, 0) is 27.7 Å². The summed E-state index contributed by atoms with van der Waals surface area (Å²) in [5.74, 6) is 0.232. The summed E-state index contributed by atoms with van der Waals surface area (Å²) >= 11 is 6.06. The van der Waals surface area contributed by atoms with E-state index in [4.69, 9.17) is 26.2 Å². The van der Waals surface area contributed by atoms with E-state index in [2.05, 4.69) is 30.0 Å². The minimum absolute atomic E-state index is 0.237. The van der Waals surface area contributed by atoms with Gasteiger partial charge < -0.3 is 9.47 Å². The van der Waals surface area contributed by atoms with Crippen LogP contribution in [0.1, 0.15) is 48.6 Å². The Balaban J connectivity index is 1.45. The molecule has 0 radical (unpaired) electrons. The van der Waals surface area contributed by atoms with Crippen LogP contribution in [0, 0.1) is 6.92 Å². The monoisotopic (exact) mass is 445 g/mol. The Morgan fingerprint density at radius 1 is 1.23 bits per heavy atom. The summed E-state index contributed by atoms with van der Waals surface area (Å²) in [5.41, 5.74) is 3.65. The van der Waals surface area contributed by atoms with E-state index in [1.807, 2.05) is 23.9 Å². The van der Waals surface area contributed by atoms with E-state index in [1.165, 1.54) is 24.1 Å². The third kappa shape index (κ3) is 5.13. The van der Waals surface area contributed by atoms with Gasteiger partial charge in [-0.1, -0.05) is 23.7 Å². The molecule has 168 valence electrons. The van der Waals surface area contributed by atoms with Gasteiger partial charge in [-0.3, -0.25) is 9.58 Å². The minimum atomic E-state index is -0.511. The number of methoxy groups -OCH3 is 1. The predicted molar refractivity (Wildman–Crippen MR) is 120 cm³/mol. The zero-order valence-electron chi connectivity index (χ0n) is 18.6. The lowest BCUT2D eigenvalue weighted by Crippen LogP contribution is -2.57. The molecule has 0 amide bonds. The van der Waals surface area contributed by atoms with Crippen LogP contribution in [0.4, 0.5) is 0 Å². The molecule has 2 heterocycles. The quantitative estimate of drug-likeness (QED) is 0.653. The highest BCUT2D eigenvalue weighted by atomic mass is 35.5. The maximum absolute atomic E-state index is 12.2. The maximum atomic E-state index is 12.2. The Hall–Kier alpha value is -1.89. The Morgan fingerprint density at radius 2 is 1.94 bits per heavy atom. The first-order valence-electron chi connectivity index (χ1n) is 11.1. The number of aromatic nitrogens is 2. The molecule has 2 atom stereocenters. The van der Waals surface area contributed by atoms with Gasteiger partial charge in [-0.2, -0.15) is 5.10 Å². The van der Waals surface area contributed by atoms with Crippen molar-refractivity contribution < 1.29 is 14.3 Å². The molecule has 0 bridgehead atoms. The molecule has 7 heteroatoms. The second-order valence-electron chi connectivity index (χ2n) is 8.87. The molecule has 2 aromatic rings. The first-order chi connectivity index (χ1) is 14.9. The number of ether oxygens (including phenoxy) is 2. The van der Waals surface area contributed by atoms with Crippen molar-refractivity contribution in [2.24, 2.45) is 7.05 Å². The molecular weight excluding hydrogens is 414 g/mol. The predicted octanol–water partition coefficient (Wildman–Crippen LogP) is 3.89. The molecule has 2 fully saturated rings. The van der Waals surface area contributed by atoms with Gasteiger partial charge in [-0.25, -0.2) is 4.79 Å². The van der Waals surface area contributed by atoms with Crippen molar-refractivity contribution >= 4 is 17.6 Å². The van der Waals surface area contributed by atoms with E-state index in [0.717, 1.165) is 37.1 Å². The van der Waals surface area contributed by atoms with Gasteiger partial charge in [0, 0.05) is 42.3 Å². The van der Waals surface area contributed by atoms with E-state index < -0.39 is 6.10 Å². The summed E-state index contributed by atoms with van der Waals surface area (Å²) in [6.45, 7) is 3.22. The number of rotatable bonds is 5. The third-order valence-corrected chi connectivity index (χ3v) is 7.15. The molecule has 0 unspecified atom stereocenters. The average Bonchev–Trinajstić information content (AvgIpc) is 3.13. The lowest BCUT2D eigenvalue weighted by molar-refractivity contribution is -0.165. The van der Waals surface area contributed by atoms with E-state index in [1.54, 1.807) is 0 Å². The standard InChI is InChI=1S/C24H32ClN3O3/c1-16-12-22(26-27(16)2)18-6-10-20(11-7-18)28-14-23(24(29)30-3)31-15-21(28)13-17-4-8-19(25)9-5-17/h4-5,8-9,12,18,20-21,23H,6-7,10-11,13-15H2,1-3H3/t18?,20?,21-,23+/m0/s1. The molecule has 1 aromatic heterocycles. The van der Waals surface area contributed by atoms with Crippen LogP contribution in [0.5, 0.6) is 0 Å². The SMILES string of the molecule is COC(=O)[C@H]1CN(C2CCC(c3cc(C)n(C)n3)CC2)[C@@H](Cc2ccc(Cl)cc2)CO1. The minimum Gasteiger partial charge on any atom is -0.467 e. The third-order valence-electron chi connectivity index (χ3n) is 6.90. The van der Waals surface area contributed by atoms with Crippen LogP contribution in [0.3, 0.4) is 0 Å². The molecule has 1 aliphatic carbocycles. The van der Waals surface area contributed by atoms with Gasteiger partial charge >= 0.3 is 5.97 Å². The Morgan fingerprint density at radius 3 is 2.55 bits per heavy atom. The first kappa shape index (κ1) is 22.3. The number of esters is 1. The summed E-state index contributed by atoms with van der Waals surface area (Å²) in [4.78, 5) is 14.7. The molecule has 0 N–H and O–H groups in total. The fraction of sp³-hybridized carbons (Fsp3) is 0.583. The average molecular weight is 446 g/mol. The van der Waals surface area contributed by atoms with Crippen LogP contribution in [0.15, 0.2) is 30.3 Å². The fourth-order valence-electron chi connectivity index (χ4n) is 5.00. The Kier molecular flexibility index (Phi) is 6.99. The number of carbonyl (C=O) groups is 1.